The molecule has 1 aliphatic heterocycles. The van der Waals surface area contributed by atoms with E-state index in [0.717, 1.165) is 12.8 Å². The van der Waals surface area contributed by atoms with Gasteiger partial charge in [-0.1, -0.05) is 0 Å². The summed E-state index contributed by atoms with van der Waals surface area (Å²) in [5.41, 5.74) is 0.421. The third-order valence-electron chi connectivity index (χ3n) is 6.48. The molecule has 2 nitrogen and oxygen atoms in total. The minimum absolute atomic E-state index is 0.0645. The molecule has 0 radical (unpaired) electrons. The smallest absolute Gasteiger partial charge is 0.335 e. The Balaban J connectivity index is 1.46. The molecule has 0 aromatic heterocycles. The first-order chi connectivity index (χ1) is 8.83. The van der Waals surface area contributed by atoms with Gasteiger partial charge in [-0.2, -0.15) is 17.6 Å². The van der Waals surface area contributed by atoms with Gasteiger partial charge in [-0.3, -0.25) is 0 Å². The molecule has 2 spiro atoms. The van der Waals surface area contributed by atoms with Gasteiger partial charge in [-0.15, -0.1) is 0 Å². The number of hydrogen-bond acceptors (Lipinski definition) is 2. The van der Waals surface area contributed by atoms with Crippen molar-refractivity contribution in [3.63, 3.8) is 0 Å². The molecule has 0 amide bonds. The number of halogens is 4. The van der Waals surface area contributed by atoms with Crippen molar-refractivity contribution in [2.24, 2.45) is 29.1 Å². The van der Waals surface area contributed by atoms with Gasteiger partial charge in [0.2, 0.25) is 0 Å². The molecule has 1 saturated heterocycles. The van der Waals surface area contributed by atoms with Crippen LogP contribution in [0.3, 0.4) is 0 Å². The first-order valence-corrected chi connectivity index (χ1v) is 6.86. The Morgan fingerprint density at radius 3 is 2.11 bits per heavy atom. The molecule has 0 aromatic carbocycles. The zero-order valence-electron chi connectivity index (χ0n) is 10.2. The highest BCUT2D eigenvalue weighted by Gasteiger charge is 2.88. The maximum Gasteiger partial charge on any atom is 0.335 e. The SMILES string of the molecule is FC1(F)COC2(OCC1(F)F)C1CC3CC34CC2C14. The number of hydrogen-bond donors (Lipinski definition) is 0. The Morgan fingerprint density at radius 2 is 1.47 bits per heavy atom. The van der Waals surface area contributed by atoms with Gasteiger partial charge in [-0.05, 0) is 36.5 Å². The monoisotopic (exact) mass is 278 g/mol. The summed E-state index contributed by atoms with van der Waals surface area (Å²) in [7, 11) is 0. The molecule has 4 saturated carbocycles. The van der Waals surface area contributed by atoms with Crippen LogP contribution in [-0.2, 0) is 9.47 Å². The fraction of sp³-hybridized carbons (Fsp3) is 1.00. The maximum atomic E-state index is 13.4. The lowest BCUT2D eigenvalue weighted by Crippen LogP contribution is -2.71. The van der Waals surface area contributed by atoms with Crippen molar-refractivity contribution in [1.29, 1.82) is 0 Å². The molecule has 4 aliphatic carbocycles. The van der Waals surface area contributed by atoms with Gasteiger partial charge in [0.1, 0.15) is 13.2 Å². The predicted molar refractivity (Wildman–Crippen MR) is 54.8 cm³/mol. The van der Waals surface area contributed by atoms with Gasteiger partial charge in [-0.25, -0.2) is 0 Å². The number of alkyl halides is 4. The lowest BCUT2D eigenvalue weighted by molar-refractivity contribution is -0.399. The average molecular weight is 278 g/mol. The molecule has 5 fully saturated rings. The van der Waals surface area contributed by atoms with Gasteiger partial charge in [0.25, 0.3) is 0 Å². The zero-order valence-corrected chi connectivity index (χ0v) is 10.2. The Morgan fingerprint density at radius 1 is 0.842 bits per heavy atom. The minimum atomic E-state index is -4.13. The van der Waals surface area contributed by atoms with Crippen LogP contribution in [-0.4, -0.2) is 30.8 Å². The molecule has 1 heterocycles. The number of rotatable bonds is 0. The van der Waals surface area contributed by atoms with Crippen LogP contribution in [0.4, 0.5) is 17.6 Å². The Hall–Kier alpha value is -0.360. The van der Waals surface area contributed by atoms with E-state index < -0.39 is 30.8 Å². The van der Waals surface area contributed by atoms with E-state index in [1.807, 2.05) is 0 Å². The number of fused-ring (bicyclic) bond motifs is 2. The van der Waals surface area contributed by atoms with Gasteiger partial charge in [0, 0.05) is 11.8 Å². The molecule has 5 aliphatic rings. The maximum absolute atomic E-state index is 13.4. The van der Waals surface area contributed by atoms with Crippen LogP contribution in [0.2, 0.25) is 0 Å². The fourth-order valence-electron chi connectivity index (χ4n) is 5.47. The second kappa shape index (κ2) is 2.69. The Labute approximate surface area is 107 Å². The molecular weight excluding hydrogens is 264 g/mol. The van der Waals surface area contributed by atoms with Crippen LogP contribution in [0.25, 0.3) is 0 Å². The fourth-order valence-corrected chi connectivity index (χ4v) is 5.47. The predicted octanol–water partition coefficient (Wildman–Crippen LogP) is 2.68. The molecule has 5 rings (SSSR count). The van der Waals surface area contributed by atoms with Crippen molar-refractivity contribution < 1.29 is 27.0 Å². The molecule has 106 valence electrons. The average Bonchev–Trinajstić information content (AvgIpc) is 2.98. The molecule has 0 bridgehead atoms. The van der Waals surface area contributed by atoms with Crippen molar-refractivity contribution in [2.45, 2.75) is 36.9 Å². The Kier molecular flexibility index (Phi) is 1.60. The molecule has 19 heavy (non-hydrogen) atoms. The summed E-state index contributed by atoms with van der Waals surface area (Å²) >= 11 is 0. The standard InChI is InChI=1S/C13H14F4O2/c14-11(15)4-18-13(19-5-12(11,16)17)7-1-6-2-10(6)3-8(13)9(7)10/h6-9H,1-5H2. The Bertz CT molecular complexity index is 461. The van der Waals surface area contributed by atoms with Crippen LogP contribution >= 0.6 is 0 Å². The summed E-state index contributed by atoms with van der Waals surface area (Å²) < 4.78 is 63.9. The van der Waals surface area contributed by atoms with Gasteiger partial charge in [0.15, 0.2) is 5.79 Å². The van der Waals surface area contributed by atoms with Crippen molar-refractivity contribution in [2.75, 3.05) is 13.2 Å². The van der Waals surface area contributed by atoms with Crippen molar-refractivity contribution >= 4 is 0 Å². The quantitative estimate of drug-likeness (QED) is 0.634. The summed E-state index contributed by atoms with van der Waals surface area (Å²) in [4.78, 5) is 0. The lowest BCUT2D eigenvalue weighted by atomic mass is 9.44. The second-order valence-corrected chi connectivity index (χ2v) is 7.02. The third kappa shape index (κ3) is 0.972. The van der Waals surface area contributed by atoms with Crippen LogP contribution in [0.5, 0.6) is 0 Å². The third-order valence-corrected chi connectivity index (χ3v) is 6.48. The van der Waals surface area contributed by atoms with Gasteiger partial charge < -0.3 is 9.47 Å². The summed E-state index contributed by atoms with van der Waals surface area (Å²) in [5, 5.41) is 0. The van der Waals surface area contributed by atoms with E-state index in [4.69, 9.17) is 9.47 Å². The van der Waals surface area contributed by atoms with Crippen molar-refractivity contribution in [1.82, 2.24) is 0 Å². The highest BCUT2D eigenvalue weighted by Crippen LogP contribution is 2.88. The van der Waals surface area contributed by atoms with Crippen LogP contribution < -0.4 is 0 Å². The van der Waals surface area contributed by atoms with E-state index >= 15 is 0 Å². The van der Waals surface area contributed by atoms with E-state index in [0.29, 0.717) is 17.3 Å². The van der Waals surface area contributed by atoms with E-state index in [-0.39, 0.29) is 11.8 Å². The summed E-state index contributed by atoms with van der Waals surface area (Å²) in [5.74, 6) is -8.13. The normalized spacial score (nSPS) is 57.5. The second-order valence-electron chi connectivity index (χ2n) is 7.02. The van der Waals surface area contributed by atoms with Crippen LogP contribution in [0, 0.1) is 29.1 Å². The van der Waals surface area contributed by atoms with Crippen LogP contribution in [0.1, 0.15) is 19.3 Å². The van der Waals surface area contributed by atoms with Crippen molar-refractivity contribution in [3.05, 3.63) is 0 Å². The largest absolute Gasteiger partial charge is 0.343 e. The molecule has 0 aromatic rings. The van der Waals surface area contributed by atoms with Crippen LogP contribution in [0.15, 0.2) is 0 Å². The van der Waals surface area contributed by atoms with E-state index in [9.17, 15) is 17.6 Å². The highest BCUT2D eigenvalue weighted by molar-refractivity contribution is 5.32. The topological polar surface area (TPSA) is 18.5 Å². The highest BCUT2D eigenvalue weighted by atomic mass is 19.3. The first-order valence-electron chi connectivity index (χ1n) is 6.86. The first kappa shape index (κ1) is 11.3. The molecule has 5 unspecified atom stereocenters. The minimum Gasteiger partial charge on any atom is -0.343 e. The number of ether oxygens (including phenoxy) is 2. The van der Waals surface area contributed by atoms with E-state index in [2.05, 4.69) is 0 Å². The summed E-state index contributed by atoms with van der Waals surface area (Å²) in [6.07, 6.45) is 3.04. The molecular formula is C13H14F4O2. The molecule has 6 heteroatoms. The van der Waals surface area contributed by atoms with Gasteiger partial charge >= 0.3 is 11.8 Å². The lowest BCUT2D eigenvalue weighted by Gasteiger charge is -2.67. The summed E-state index contributed by atoms with van der Waals surface area (Å²) in [6.45, 7) is -2.45. The zero-order chi connectivity index (χ0) is 13.3. The molecule has 0 N–H and O–H groups in total. The molecule has 5 atom stereocenters. The van der Waals surface area contributed by atoms with Gasteiger partial charge in [0.05, 0.1) is 0 Å². The summed E-state index contributed by atoms with van der Waals surface area (Å²) in [6, 6.07) is 0. The van der Waals surface area contributed by atoms with Crippen molar-refractivity contribution in [3.8, 4) is 0 Å². The van der Waals surface area contributed by atoms with E-state index in [1.54, 1.807) is 0 Å². The van der Waals surface area contributed by atoms with E-state index in [1.165, 1.54) is 6.42 Å².